The number of hydrogen-bond acceptors (Lipinski definition) is 3. The molecule has 0 atom stereocenters. The molecule has 1 heterocycles. The lowest BCUT2D eigenvalue weighted by molar-refractivity contribution is -0.119. The molecule has 0 aromatic heterocycles. The van der Waals surface area contributed by atoms with Gasteiger partial charge in [0.1, 0.15) is 0 Å². The summed E-state index contributed by atoms with van der Waals surface area (Å²) in [6.45, 7) is 0. The van der Waals surface area contributed by atoms with Crippen LogP contribution in [0.5, 0.6) is 0 Å². The summed E-state index contributed by atoms with van der Waals surface area (Å²) >= 11 is 0. The van der Waals surface area contributed by atoms with Crippen LogP contribution in [0.15, 0.2) is 0 Å². The first kappa shape index (κ1) is 6.54. The molecule has 1 saturated heterocycles. The smallest absolute Gasteiger partial charge is 0.234 e. The van der Waals surface area contributed by atoms with Gasteiger partial charge in [0, 0.05) is 6.42 Å². The van der Waals surface area contributed by atoms with E-state index in [9.17, 15) is 13.2 Å². The Labute approximate surface area is 53.3 Å². The van der Waals surface area contributed by atoms with E-state index in [0.29, 0.717) is 12.8 Å². The Hall–Kier alpha value is -0.580. The molecule has 1 aliphatic heterocycles. The maximum absolute atomic E-state index is 10.5. The first-order chi connectivity index (χ1) is 4.10. The molecule has 52 valence electrons. The summed E-state index contributed by atoms with van der Waals surface area (Å²) in [5.74, 6) is -0.306. The van der Waals surface area contributed by atoms with Crippen molar-refractivity contribution in [3.05, 3.63) is 0 Å². The predicted octanol–water partition coefficient (Wildman–Crippen LogP) is -0.774. The standard InChI is InChI=1S/C4H7NO3S/c6-4-2-1-3-9(7,8)5-4/h1-3H2,(H,5,6). The van der Waals surface area contributed by atoms with Crippen molar-refractivity contribution < 1.29 is 13.2 Å². The summed E-state index contributed by atoms with van der Waals surface area (Å²) in [7, 11) is -3.23. The zero-order chi connectivity index (χ0) is 6.91. The van der Waals surface area contributed by atoms with Crippen molar-refractivity contribution in [3.63, 3.8) is 0 Å². The van der Waals surface area contributed by atoms with E-state index in [1.54, 1.807) is 0 Å². The van der Waals surface area contributed by atoms with E-state index in [0.717, 1.165) is 0 Å². The molecule has 0 aliphatic carbocycles. The second kappa shape index (κ2) is 1.98. The summed E-state index contributed by atoms with van der Waals surface area (Å²) in [6, 6.07) is 0. The van der Waals surface area contributed by atoms with Crippen LogP contribution < -0.4 is 4.72 Å². The third-order valence-electron chi connectivity index (χ3n) is 1.09. The molecule has 0 aromatic carbocycles. The molecule has 1 amide bonds. The molecule has 1 aliphatic rings. The first-order valence-corrected chi connectivity index (χ1v) is 4.29. The van der Waals surface area contributed by atoms with Crippen LogP contribution in [-0.2, 0) is 14.8 Å². The van der Waals surface area contributed by atoms with E-state index in [4.69, 9.17) is 0 Å². The van der Waals surface area contributed by atoms with Crippen LogP contribution in [0.2, 0.25) is 0 Å². The molecule has 4 nitrogen and oxygen atoms in total. The lowest BCUT2D eigenvalue weighted by Gasteiger charge is -2.10. The van der Waals surface area contributed by atoms with Gasteiger partial charge in [-0.2, -0.15) is 0 Å². The fourth-order valence-electron chi connectivity index (χ4n) is 0.698. The zero-order valence-electron chi connectivity index (χ0n) is 4.75. The van der Waals surface area contributed by atoms with Gasteiger partial charge in [0.25, 0.3) is 0 Å². The first-order valence-electron chi connectivity index (χ1n) is 2.63. The van der Waals surface area contributed by atoms with Crippen LogP contribution in [0.1, 0.15) is 12.8 Å². The van der Waals surface area contributed by atoms with Crippen molar-refractivity contribution in [1.29, 1.82) is 0 Å². The monoisotopic (exact) mass is 149 g/mol. The van der Waals surface area contributed by atoms with Crippen molar-refractivity contribution in [2.75, 3.05) is 5.75 Å². The number of nitrogens with one attached hydrogen (secondary N) is 1. The molecule has 0 unspecified atom stereocenters. The maximum Gasteiger partial charge on any atom is 0.234 e. The number of rotatable bonds is 0. The predicted molar refractivity (Wildman–Crippen MR) is 31.2 cm³/mol. The van der Waals surface area contributed by atoms with Gasteiger partial charge in [-0.25, -0.2) is 8.42 Å². The molecular weight excluding hydrogens is 142 g/mol. The number of carbonyl (C=O) groups excluding carboxylic acids is 1. The molecule has 0 saturated carbocycles. The molecule has 0 aromatic rings. The van der Waals surface area contributed by atoms with Crippen molar-refractivity contribution in [2.45, 2.75) is 12.8 Å². The summed E-state index contributed by atoms with van der Waals surface area (Å²) in [5.41, 5.74) is 0. The highest BCUT2D eigenvalue weighted by Crippen LogP contribution is 2.01. The van der Waals surface area contributed by atoms with Crippen LogP contribution in [-0.4, -0.2) is 20.1 Å². The SMILES string of the molecule is O=C1CCCS(=O)(=O)N1. The second-order valence-electron chi connectivity index (χ2n) is 1.95. The minimum atomic E-state index is -3.23. The van der Waals surface area contributed by atoms with Gasteiger partial charge in [-0.05, 0) is 6.42 Å². The Morgan fingerprint density at radius 1 is 1.44 bits per heavy atom. The fourth-order valence-corrected chi connectivity index (χ4v) is 1.77. The molecule has 0 spiro atoms. The topological polar surface area (TPSA) is 63.2 Å². The van der Waals surface area contributed by atoms with Gasteiger partial charge in [0.05, 0.1) is 5.75 Å². The zero-order valence-corrected chi connectivity index (χ0v) is 5.57. The van der Waals surface area contributed by atoms with Crippen LogP contribution in [0.25, 0.3) is 0 Å². The summed E-state index contributed by atoms with van der Waals surface area (Å²) < 4.78 is 22.9. The molecule has 9 heavy (non-hydrogen) atoms. The van der Waals surface area contributed by atoms with E-state index in [1.165, 1.54) is 0 Å². The largest absolute Gasteiger partial charge is 0.274 e. The Balaban J connectivity index is 2.73. The Kier molecular flexibility index (Phi) is 1.44. The van der Waals surface area contributed by atoms with Crippen molar-refractivity contribution in [1.82, 2.24) is 4.72 Å². The highest BCUT2D eigenvalue weighted by Gasteiger charge is 2.19. The second-order valence-corrected chi connectivity index (χ2v) is 3.79. The van der Waals surface area contributed by atoms with Crippen LogP contribution in [0, 0.1) is 0 Å². The number of carbonyl (C=O) groups is 1. The number of hydrogen-bond donors (Lipinski definition) is 1. The van der Waals surface area contributed by atoms with Gasteiger partial charge in [0.2, 0.25) is 15.9 Å². The maximum atomic E-state index is 10.5. The van der Waals surface area contributed by atoms with Crippen molar-refractivity contribution in [3.8, 4) is 0 Å². The van der Waals surface area contributed by atoms with Gasteiger partial charge in [0.15, 0.2) is 0 Å². The number of sulfonamides is 1. The van der Waals surface area contributed by atoms with E-state index in [1.807, 2.05) is 4.72 Å². The third-order valence-corrected chi connectivity index (χ3v) is 2.45. The van der Waals surface area contributed by atoms with Crippen molar-refractivity contribution in [2.24, 2.45) is 0 Å². The minimum absolute atomic E-state index is 0.0821. The van der Waals surface area contributed by atoms with Crippen LogP contribution >= 0.6 is 0 Å². The van der Waals surface area contributed by atoms with Crippen LogP contribution in [0.4, 0.5) is 0 Å². The summed E-state index contributed by atoms with van der Waals surface area (Å²) in [4.78, 5) is 10.4. The molecule has 5 heteroatoms. The third kappa shape index (κ3) is 1.67. The Bertz CT molecular complexity index is 218. The van der Waals surface area contributed by atoms with Gasteiger partial charge in [-0.1, -0.05) is 0 Å². The Morgan fingerprint density at radius 3 is 2.44 bits per heavy atom. The van der Waals surface area contributed by atoms with E-state index in [-0.39, 0.29) is 11.7 Å². The molecule has 0 radical (unpaired) electrons. The van der Waals surface area contributed by atoms with E-state index >= 15 is 0 Å². The minimum Gasteiger partial charge on any atom is -0.274 e. The van der Waals surface area contributed by atoms with E-state index < -0.39 is 10.0 Å². The average Bonchev–Trinajstić information content (AvgIpc) is 1.60. The Morgan fingerprint density at radius 2 is 2.11 bits per heavy atom. The van der Waals surface area contributed by atoms with Gasteiger partial charge in [-0.15, -0.1) is 0 Å². The lowest BCUT2D eigenvalue weighted by atomic mass is 10.3. The number of amides is 1. The molecule has 1 N–H and O–H groups in total. The highest BCUT2D eigenvalue weighted by molar-refractivity contribution is 7.90. The lowest BCUT2D eigenvalue weighted by Crippen LogP contribution is -2.36. The normalized spacial score (nSPS) is 25.1. The molecule has 1 fully saturated rings. The summed E-state index contributed by atoms with van der Waals surface area (Å²) in [5, 5.41) is 0. The quantitative estimate of drug-likeness (QED) is 0.491. The highest BCUT2D eigenvalue weighted by atomic mass is 32.2. The molecule has 1 rings (SSSR count). The van der Waals surface area contributed by atoms with E-state index in [2.05, 4.69) is 0 Å². The van der Waals surface area contributed by atoms with Crippen molar-refractivity contribution >= 4 is 15.9 Å². The summed E-state index contributed by atoms with van der Waals surface area (Å²) in [6.07, 6.45) is 0.785. The average molecular weight is 149 g/mol. The van der Waals surface area contributed by atoms with Gasteiger partial charge >= 0.3 is 0 Å². The van der Waals surface area contributed by atoms with Crippen LogP contribution in [0.3, 0.4) is 0 Å². The van der Waals surface area contributed by atoms with Gasteiger partial charge in [-0.3, -0.25) is 9.52 Å². The molecular formula is C4H7NO3S. The fraction of sp³-hybridized carbons (Fsp3) is 0.750. The molecule has 0 bridgehead atoms. The van der Waals surface area contributed by atoms with Gasteiger partial charge < -0.3 is 0 Å².